The zero-order chi connectivity index (χ0) is 14.4. The van der Waals surface area contributed by atoms with Crippen molar-refractivity contribution in [2.24, 2.45) is 7.05 Å². The SMILES string of the molecule is Cn1c(-c2cccc3c2CCCN3)nc2ccc(F)cc21. The van der Waals surface area contributed by atoms with Crippen LogP contribution in [-0.4, -0.2) is 16.1 Å². The van der Waals surface area contributed by atoms with Crippen molar-refractivity contribution in [3.05, 3.63) is 47.8 Å². The van der Waals surface area contributed by atoms with Crippen LogP contribution in [0.2, 0.25) is 0 Å². The fourth-order valence-electron chi connectivity index (χ4n) is 3.12. The van der Waals surface area contributed by atoms with Gasteiger partial charge in [0.15, 0.2) is 0 Å². The number of imidazole rings is 1. The molecule has 1 aromatic heterocycles. The molecule has 0 saturated carbocycles. The molecule has 106 valence electrons. The first-order chi connectivity index (χ1) is 10.2. The second kappa shape index (κ2) is 4.58. The lowest BCUT2D eigenvalue weighted by Crippen LogP contribution is -2.13. The molecule has 1 aliphatic rings. The van der Waals surface area contributed by atoms with Gasteiger partial charge >= 0.3 is 0 Å². The predicted molar refractivity (Wildman–Crippen MR) is 82.9 cm³/mol. The predicted octanol–water partition coefficient (Wildman–Crippen LogP) is 3.74. The molecule has 0 aliphatic carbocycles. The van der Waals surface area contributed by atoms with Crippen molar-refractivity contribution in [3.8, 4) is 11.4 Å². The van der Waals surface area contributed by atoms with Crippen LogP contribution in [0.5, 0.6) is 0 Å². The molecule has 2 aromatic carbocycles. The van der Waals surface area contributed by atoms with Crippen LogP contribution in [0.1, 0.15) is 12.0 Å². The minimum atomic E-state index is -0.228. The van der Waals surface area contributed by atoms with E-state index < -0.39 is 0 Å². The summed E-state index contributed by atoms with van der Waals surface area (Å²) in [7, 11) is 1.94. The van der Waals surface area contributed by atoms with Crippen molar-refractivity contribution in [3.63, 3.8) is 0 Å². The van der Waals surface area contributed by atoms with Crippen LogP contribution in [0.4, 0.5) is 10.1 Å². The number of anilines is 1. The third kappa shape index (κ3) is 1.90. The third-order valence-corrected chi connectivity index (χ3v) is 4.18. The highest BCUT2D eigenvalue weighted by atomic mass is 19.1. The van der Waals surface area contributed by atoms with E-state index in [2.05, 4.69) is 17.4 Å². The lowest BCUT2D eigenvalue weighted by atomic mass is 9.97. The molecule has 4 rings (SSSR count). The van der Waals surface area contributed by atoms with Gasteiger partial charge in [0.1, 0.15) is 11.6 Å². The number of hydrogen-bond donors (Lipinski definition) is 1. The van der Waals surface area contributed by atoms with Crippen molar-refractivity contribution in [1.29, 1.82) is 0 Å². The average molecular weight is 281 g/mol. The van der Waals surface area contributed by atoms with E-state index in [0.29, 0.717) is 0 Å². The zero-order valence-electron chi connectivity index (χ0n) is 11.9. The van der Waals surface area contributed by atoms with E-state index in [1.165, 1.54) is 17.3 Å². The second-order valence-corrected chi connectivity index (χ2v) is 5.49. The van der Waals surface area contributed by atoms with Crippen molar-refractivity contribution >= 4 is 16.7 Å². The Balaban J connectivity index is 1.97. The van der Waals surface area contributed by atoms with Gasteiger partial charge in [-0.2, -0.15) is 0 Å². The Labute approximate surface area is 122 Å². The number of nitrogens with one attached hydrogen (secondary N) is 1. The lowest BCUT2D eigenvalue weighted by molar-refractivity contribution is 0.629. The van der Waals surface area contributed by atoms with Gasteiger partial charge in [-0.25, -0.2) is 9.37 Å². The summed E-state index contributed by atoms with van der Waals surface area (Å²) in [6.07, 6.45) is 2.18. The number of fused-ring (bicyclic) bond motifs is 2. The Hall–Kier alpha value is -2.36. The molecular formula is C17H16FN3. The Morgan fingerprint density at radius 1 is 1.24 bits per heavy atom. The van der Waals surface area contributed by atoms with Crippen molar-refractivity contribution in [1.82, 2.24) is 9.55 Å². The quantitative estimate of drug-likeness (QED) is 0.736. The summed E-state index contributed by atoms with van der Waals surface area (Å²) in [5, 5.41) is 3.44. The van der Waals surface area contributed by atoms with Gasteiger partial charge in [-0.05, 0) is 42.7 Å². The number of aromatic nitrogens is 2. The highest BCUT2D eigenvalue weighted by molar-refractivity contribution is 5.82. The van der Waals surface area contributed by atoms with Crippen LogP contribution in [0.15, 0.2) is 36.4 Å². The molecule has 0 amide bonds. The summed E-state index contributed by atoms with van der Waals surface area (Å²) in [4.78, 5) is 4.70. The van der Waals surface area contributed by atoms with E-state index in [4.69, 9.17) is 4.98 Å². The summed E-state index contributed by atoms with van der Waals surface area (Å²) >= 11 is 0. The number of halogens is 1. The van der Waals surface area contributed by atoms with E-state index in [9.17, 15) is 4.39 Å². The summed E-state index contributed by atoms with van der Waals surface area (Å²) in [5.74, 6) is 0.671. The topological polar surface area (TPSA) is 29.9 Å². The normalized spacial score (nSPS) is 14.0. The maximum atomic E-state index is 13.5. The minimum Gasteiger partial charge on any atom is -0.385 e. The number of benzene rings is 2. The summed E-state index contributed by atoms with van der Waals surface area (Å²) in [5.41, 5.74) is 5.29. The van der Waals surface area contributed by atoms with E-state index in [0.717, 1.165) is 41.8 Å². The largest absolute Gasteiger partial charge is 0.385 e. The standard InChI is InChI=1S/C17H16FN3/c1-21-16-10-11(18)7-8-15(16)20-17(21)13-4-2-6-14-12(13)5-3-9-19-14/h2,4,6-8,10,19H,3,5,9H2,1H3. The molecule has 2 heterocycles. The van der Waals surface area contributed by atoms with E-state index in [1.54, 1.807) is 12.1 Å². The monoisotopic (exact) mass is 281 g/mol. The molecular weight excluding hydrogens is 265 g/mol. The van der Waals surface area contributed by atoms with Gasteiger partial charge in [0, 0.05) is 24.8 Å². The summed E-state index contributed by atoms with van der Waals surface area (Å²) in [6, 6.07) is 11.0. The minimum absolute atomic E-state index is 0.228. The van der Waals surface area contributed by atoms with Gasteiger partial charge in [-0.3, -0.25) is 0 Å². The van der Waals surface area contributed by atoms with Crippen LogP contribution < -0.4 is 5.32 Å². The average Bonchev–Trinajstić information content (AvgIpc) is 2.83. The first-order valence-electron chi connectivity index (χ1n) is 7.22. The zero-order valence-corrected chi connectivity index (χ0v) is 11.9. The number of nitrogens with zero attached hydrogens (tertiary/aromatic N) is 2. The Kier molecular flexibility index (Phi) is 2.70. The van der Waals surface area contributed by atoms with Gasteiger partial charge in [0.25, 0.3) is 0 Å². The fourth-order valence-corrected chi connectivity index (χ4v) is 3.12. The van der Waals surface area contributed by atoms with Gasteiger partial charge < -0.3 is 9.88 Å². The number of aryl methyl sites for hydroxylation is 1. The van der Waals surface area contributed by atoms with Gasteiger partial charge in [-0.1, -0.05) is 12.1 Å². The van der Waals surface area contributed by atoms with Gasteiger partial charge in [-0.15, -0.1) is 0 Å². The molecule has 0 radical (unpaired) electrons. The molecule has 4 heteroatoms. The van der Waals surface area contributed by atoms with Crippen LogP contribution in [-0.2, 0) is 13.5 Å². The molecule has 1 aliphatic heterocycles. The number of rotatable bonds is 1. The summed E-state index contributed by atoms with van der Waals surface area (Å²) < 4.78 is 15.4. The van der Waals surface area contributed by atoms with Crippen molar-refractivity contribution < 1.29 is 4.39 Å². The smallest absolute Gasteiger partial charge is 0.141 e. The molecule has 1 N–H and O–H groups in total. The number of hydrogen-bond acceptors (Lipinski definition) is 2. The molecule has 0 fully saturated rings. The van der Waals surface area contributed by atoms with Crippen molar-refractivity contribution in [2.75, 3.05) is 11.9 Å². The molecule has 0 unspecified atom stereocenters. The van der Waals surface area contributed by atoms with Gasteiger partial charge in [0.05, 0.1) is 11.0 Å². The first kappa shape index (κ1) is 12.4. The van der Waals surface area contributed by atoms with Gasteiger partial charge in [0.2, 0.25) is 0 Å². The Morgan fingerprint density at radius 3 is 3.05 bits per heavy atom. The molecule has 0 bridgehead atoms. The van der Waals surface area contributed by atoms with E-state index >= 15 is 0 Å². The van der Waals surface area contributed by atoms with E-state index in [-0.39, 0.29) is 5.82 Å². The Morgan fingerprint density at radius 2 is 2.14 bits per heavy atom. The van der Waals surface area contributed by atoms with E-state index in [1.807, 2.05) is 17.7 Å². The molecule has 0 saturated heterocycles. The van der Waals surface area contributed by atoms with Crippen molar-refractivity contribution in [2.45, 2.75) is 12.8 Å². The first-order valence-corrected chi connectivity index (χ1v) is 7.22. The van der Waals surface area contributed by atoms with Crippen LogP contribution in [0, 0.1) is 5.82 Å². The fraction of sp³-hybridized carbons (Fsp3) is 0.235. The highest BCUT2D eigenvalue weighted by Crippen LogP contribution is 2.33. The molecule has 3 nitrogen and oxygen atoms in total. The second-order valence-electron chi connectivity index (χ2n) is 5.49. The highest BCUT2D eigenvalue weighted by Gasteiger charge is 2.18. The Bertz CT molecular complexity index is 835. The molecule has 0 spiro atoms. The lowest BCUT2D eigenvalue weighted by Gasteiger charge is -2.20. The third-order valence-electron chi connectivity index (χ3n) is 4.18. The van der Waals surface area contributed by atoms with Crippen LogP contribution in [0.25, 0.3) is 22.4 Å². The molecule has 21 heavy (non-hydrogen) atoms. The maximum Gasteiger partial charge on any atom is 0.141 e. The molecule has 3 aromatic rings. The summed E-state index contributed by atoms with van der Waals surface area (Å²) in [6.45, 7) is 1.02. The van der Waals surface area contributed by atoms with Crippen LogP contribution in [0.3, 0.4) is 0 Å². The van der Waals surface area contributed by atoms with Crippen LogP contribution >= 0.6 is 0 Å². The maximum absolute atomic E-state index is 13.5. The molecule has 0 atom stereocenters.